The van der Waals surface area contributed by atoms with E-state index in [1.165, 1.54) is 17.3 Å². The van der Waals surface area contributed by atoms with Gasteiger partial charge in [-0.2, -0.15) is 0 Å². The lowest BCUT2D eigenvalue weighted by Gasteiger charge is -2.08. The number of hydrogen-bond acceptors (Lipinski definition) is 1. The SMILES string of the molecule is [C-]#[N+]C(Sc1ccccc1C)c1ccc(Cl)c(Cl)c1. The van der Waals surface area contributed by atoms with Crippen LogP contribution >= 0.6 is 35.0 Å². The van der Waals surface area contributed by atoms with Crippen LogP contribution in [0.15, 0.2) is 47.4 Å². The molecule has 4 heteroatoms. The monoisotopic (exact) mass is 307 g/mol. The first-order chi connectivity index (χ1) is 9.11. The fraction of sp³-hybridized carbons (Fsp3) is 0.133. The molecular formula is C15H11Cl2NS. The number of rotatable bonds is 3. The van der Waals surface area contributed by atoms with E-state index in [2.05, 4.69) is 4.85 Å². The van der Waals surface area contributed by atoms with Gasteiger partial charge in [0.05, 0.1) is 10.0 Å². The molecule has 96 valence electrons. The normalized spacial score (nSPS) is 11.9. The molecule has 0 bridgehead atoms. The van der Waals surface area contributed by atoms with Crippen LogP contribution in [0.5, 0.6) is 0 Å². The van der Waals surface area contributed by atoms with Crippen LogP contribution in [0.1, 0.15) is 16.5 Å². The third kappa shape index (κ3) is 3.45. The minimum Gasteiger partial charge on any atom is -0.296 e. The third-order valence-electron chi connectivity index (χ3n) is 2.68. The Morgan fingerprint density at radius 2 is 1.84 bits per heavy atom. The zero-order valence-electron chi connectivity index (χ0n) is 10.2. The van der Waals surface area contributed by atoms with Crippen molar-refractivity contribution in [3.05, 3.63) is 75.1 Å². The van der Waals surface area contributed by atoms with Crippen LogP contribution in [0.3, 0.4) is 0 Å². The highest BCUT2D eigenvalue weighted by Gasteiger charge is 2.19. The zero-order valence-corrected chi connectivity index (χ0v) is 12.6. The first-order valence-electron chi connectivity index (χ1n) is 5.65. The number of aryl methyl sites for hydroxylation is 1. The van der Waals surface area contributed by atoms with Gasteiger partial charge in [0.15, 0.2) is 0 Å². The molecule has 0 fully saturated rings. The maximum Gasteiger partial charge on any atom is 0.298 e. The van der Waals surface area contributed by atoms with Crippen LogP contribution in [-0.2, 0) is 0 Å². The van der Waals surface area contributed by atoms with E-state index >= 15 is 0 Å². The topological polar surface area (TPSA) is 4.36 Å². The molecular weight excluding hydrogens is 297 g/mol. The average molecular weight is 308 g/mol. The van der Waals surface area contributed by atoms with Gasteiger partial charge < -0.3 is 0 Å². The molecule has 1 nitrogen and oxygen atoms in total. The summed E-state index contributed by atoms with van der Waals surface area (Å²) < 4.78 is 0. The molecule has 0 aliphatic rings. The number of thioether (sulfide) groups is 1. The largest absolute Gasteiger partial charge is 0.298 e. The highest BCUT2D eigenvalue weighted by Crippen LogP contribution is 2.39. The van der Waals surface area contributed by atoms with Gasteiger partial charge in [0.2, 0.25) is 0 Å². The van der Waals surface area contributed by atoms with Crippen molar-refractivity contribution in [2.24, 2.45) is 0 Å². The van der Waals surface area contributed by atoms with Gasteiger partial charge in [0.25, 0.3) is 5.37 Å². The van der Waals surface area contributed by atoms with Crippen LogP contribution in [0, 0.1) is 13.5 Å². The molecule has 0 N–H and O–H groups in total. The Morgan fingerprint density at radius 3 is 2.47 bits per heavy atom. The zero-order chi connectivity index (χ0) is 13.8. The molecule has 19 heavy (non-hydrogen) atoms. The molecule has 0 radical (unpaired) electrons. The summed E-state index contributed by atoms with van der Waals surface area (Å²) >= 11 is 13.4. The van der Waals surface area contributed by atoms with Crippen molar-refractivity contribution in [1.29, 1.82) is 0 Å². The van der Waals surface area contributed by atoms with Crippen molar-refractivity contribution in [1.82, 2.24) is 0 Å². The predicted octanol–water partition coefficient (Wildman–Crippen LogP) is 6.01. The van der Waals surface area contributed by atoms with E-state index in [-0.39, 0.29) is 5.37 Å². The van der Waals surface area contributed by atoms with Crippen molar-refractivity contribution in [2.75, 3.05) is 0 Å². The van der Waals surface area contributed by atoms with Crippen molar-refractivity contribution >= 4 is 35.0 Å². The van der Waals surface area contributed by atoms with Crippen LogP contribution in [-0.4, -0.2) is 0 Å². The fourth-order valence-corrected chi connectivity index (χ4v) is 2.94. The lowest BCUT2D eigenvalue weighted by molar-refractivity contribution is 1.20. The summed E-state index contributed by atoms with van der Waals surface area (Å²) in [6.07, 6.45) is 0. The molecule has 0 aliphatic heterocycles. The summed E-state index contributed by atoms with van der Waals surface area (Å²) in [5.41, 5.74) is 2.04. The highest BCUT2D eigenvalue weighted by molar-refractivity contribution is 7.99. The van der Waals surface area contributed by atoms with E-state index in [1.54, 1.807) is 12.1 Å². The lowest BCUT2D eigenvalue weighted by Crippen LogP contribution is -1.90. The highest BCUT2D eigenvalue weighted by atomic mass is 35.5. The Balaban J connectivity index is 2.28. The summed E-state index contributed by atoms with van der Waals surface area (Å²) in [4.78, 5) is 4.78. The van der Waals surface area contributed by atoms with Crippen LogP contribution in [0.2, 0.25) is 10.0 Å². The van der Waals surface area contributed by atoms with E-state index in [1.807, 2.05) is 37.3 Å². The molecule has 0 heterocycles. The van der Waals surface area contributed by atoms with Gasteiger partial charge >= 0.3 is 0 Å². The molecule has 0 aliphatic carbocycles. The first-order valence-corrected chi connectivity index (χ1v) is 7.29. The van der Waals surface area contributed by atoms with Gasteiger partial charge in [-0.3, -0.25) is 4.85 Å². The summed E-state index contributed by atoms with van der Waals surface area (Å²) in [5.74, 6) is 0. The van der Waals surface area contributed by atoms with Gasteiger partial charge in [-0.15, -0.1) is 0 Å². The maximum absolute atomic E-state index is 7.37. The van der Waals surface area contributed by atoms with Crippen LogP contribution in [0.4, 0.5) is 0 Å². The third-order valence-corrected chi connectivity index (χ3v) is 4.73. The van der Waals surface area contributed by atoms with E-state index in [0.717, 1.165) is 10.5 Å². The summed E-state index contributed by atoms with van der Waals surface area (Å²) in [5, 5.41) is 0.684. The van der Waals surface area contributed by atoms with Crippen LogP contribution < -0.4 is 0 Å². The van der Waals surface area contributed by atoms with Gasteiger partial charge in [-0.1, -0.05) is 41.4 Å². The number of halogens is 2. The lowest BCUT2D eigenvalue weighted by atomic mass is 10.2. The van der Waals surface area contributed by atoms with Gasteiger partial charge in [-0.25, -0.2) is 6.57 Å². The van der Waals surface area contributed by atoms with Crippen molar-refractivity contribution < 1.29 is 0 Å². The van der Waals surface area contributed by atoms with Gasteiger partial charge in [0, 0.05) is 10.5 Å². The van der Waals surface area contributed by atoms with E-state index in [4.69, 9.17) is 29.8 Å². The van der Waals surface area contributed by atoms with E-state index in [0.29, 0.717) is 10.0 Å². The Kier molecular flexibility index (Phi) is 4.76. The standard InChI is InChI=1S/C15H11Cl2NS/c1-10-5-3-4-6-14(10)19-15(18-2)11-7-8-12(16)13(17)9-11/h3-9,15H,1H3. The molecule has 0 amide bonds. The molecule has 0 aromatic heterocycles. The number of hydrogen-bond donors (Lipinski definition) is 0. The Morgan fingerprint density at radius 1 is 1.11 bits per heavy atom. The Bertz CT molecular complexity index is 634. The second kappa shape index (κ2) is 6.34. The smallest absolute Gasteiger partial charge is 0.296 e. The van der Waals surface area contributed by atoms with Crippen molar-refractivity contribution in [2.45, 2.75) is 17.2 Å². The molecule has 0 saturated heterocycles. The van der Waals surface area contributed by atoms with Crippen molar-refractivity contribution in [3.8, 4) is 0 Å². The number of benzene rings is 2. The molecule has 1 atom stereocenters. The second-order valence-electron chi connectivity index (χ2n) is 4.04. The minimum absolute atomic E-state index is 0.309. The molecule has 2 rings (SSSR count). The minimum atomic E-state index is -0.309. The summed E-state index contributed by atoms with van der Waals surface area (Å²) in [6.45, 7) is 9.41. The van der Waals surface area contributed by atoms with Crippen molar-refractivity contribution in [3.63, 3.8) is 0 Å². The maximum atomic E-state index is 7.37. The molecule has 1 unspecified atom stereocenters. The first kappa shape index (κ1) is 14.3. The van der Waals surface area contributed by atoms with E-state index < -0.39 is 0 Å². The molecule has 0 saturated carbocycles. The number of nitrogens with zero attached hydrogens (tertiary/aromatic N) is 1. The van der Waals surface area contributed by atoms with E-state index in [9.17, 15) is 0 Å². The van der Waals surface area contributed by atoms with Gasteiger partial charge in [-0.05, 0) is 48.5 Å². The van der Waals surface area contributed by atoms with Gasteiger partial charge in [0.1, 0.15) is 0 Å². The molecule has 2 aromatic rings. The second-order valence-corrected chi connectivity index (χ2v) is 5.97. The average Bonchev–Trinajstić information content (AvgIpc) is 2.41. The Labute approximate surface area is 127 Å². The predicted molar refractivity (Wildman–Crippen MR) is 82.8 cm³/mol. The van der Waals surface area contributed by atoms with Crippen LogP contribution in [0.25, 0.3) is 4.85 Å². The molecule has 2 aromatic carbocycles. The molecule has 0 spiro atoms. The fourth-order valence-electron chi connectivity index (χ4n) is 1.64. The Hall–Kier alpha value is -1.14. The summed E-state index contributed by atoms with van der Waals surface area (Å²) in [7, 11) is 0. The quantitative estimate of drug-likeness (QED) is 0.496. The summed E-state index contributed by atoms with van der Waals surface area (Å²) in [6, 6.07) is 13.4.